The van der Waals surface area contributed by atoms with Crippen LogP contribution in [0, 0.1) is 0 Å². The van der Waals surface area contributed by atoms with Crippen molar-refractivity contribution in [2.75, 3.05) is 32.7 Å². The number of piperazine rings is 1. The molecule has 0 bridgehead atoms. The Bertz CT molecular complexity index is 84.9. The minimum Gasteiger partial charge on any atom is -0.314 e. The fourth-order valence-electron chi connectivity index (χ4n) is 1.08. The van der Waals surface area contributed by atoms with Gasteiger partial charge in [-0.2, -0.15) is 0 Å². The standard InChI is InChI=1S/C7H14N2/c1-2-5-9-6-3-8-4-7-9/h2,8H,1,3-7H2/i6+2. The first kappa shape index (κ1) is 6.78. The van der Waals surface area contributed by atoms with Crippen LogP contribution in [0.2, 0.25) is 0 Å². The van der Waals surface area contributed by atoms with Gasteiger partial charge in [-0.1, -0.05) is 6.08 Å². The fraction of sp³-hybridized carbons (Fsp3) is 0.714. The van der Waals surface area contributed by atoms with Gasteiger partial charge in [0, 0.05) is 32.7 Å². The van der Waals surface area contributed by atoms with Crippen LogP contribution in [0.4, 0.5) is 0 Å². The molecule has 0 aromatic carbocycles. The van der Waals surface area contributed by atoms with Crippen molar-refractivity contribution in [1.29, 1.82) is 0 Å². The summed E-state index contributed by atoms with van der Waals surface area (Å²) in [6.45, 7) is 9.35. The molecule has 1 N–H and O–H groups in total. The predicted octanol–water partition coefficient (Wildman–Crippen LogP) is 0.0776. The normalized spacial score (nSPS) is 21.8. The molecule has 0 atom stereocenters. The van der Waals surface area contributed by atoms with Crippen molar-refractivity contribution in [3.05, 3.63) is 12.7 Å². The maximum atomic E-state index is 3.69. The van der Waals surface area contributed by atoms with Crippen LogP contribution < -0.4 is 5.32 Å². The van der Waals surface area contributed by atoms with Gasteiger partial charge < -0.3 is 5.32 Å². The molecule has 0 aromatic rings. The average molecular weight is 128 g/mol. The van der Waals surface area contributed by atoms with Crippen LogP contribution in [0.15, 0.2) is 12.7 Å². The first-order valence-electron chi connectivity index (χ1n) is 3.47. The second-order valence-electron chi connectivity index (χ2n) is 2.34. The van der Waals surface area contributed by atoms with E-state index < -0.39 is 0 Å². The lowest BCUT2D eigenvalue weighted by Gasteiger charge is -2.25. The molecule has 0 spiro atoms. The monoisotopic (exact) mass is 128 g/mol. The number of rotatable bonds is 2. The number of hydrogen-bond donors (Lipinski definition) is 1. The third-order valence-electron chi connectivity index (χ3n) is 1.60. The minimum atomic E-state index is 1.04. The van der Waals surface area contributed by atoms with E-state index in [0.29, 0.717) is 0 Å². The largest absolute Gasteiger partial charge is 0.314 e. The van der Waals surface area contributed by atoms with E-state index in [1.807, 2.05) is 6.08 Å². The second-order valence-corrected chi connectivity index (χ2v) is 2.34. The molecule has 1 saturated heterocycles. The van der Waals surface area contributed by atoms with E-state index in [0.717, 1.165) is 19.6 Å². The van der Waals surface area contributed by atoms with Crippen molar-refractivity contribution in [2.24, 2.45) is 0 Å². The Balaban J connectivity index is 2.15. The highest BCUT2D eigenvalue weighted by Gasteiger charge is 2.05. The number of nitrogens with zero attached hydrogens (tertiary/aromatic N) is 1. The highest BCUT2D eigenvalue weighted by Crippen LogP contribution is 1.89. The zero-order valence-corrected chi connectivity index (χ0v) is 5.77. The molecule has 52 valence electrons. The summed E-state index contributed by atoms with van der Waals surface area (Å²) < 4.78 is 0. The summed E-state index contributed by atoms with van der Waals surface area (Å²) in [7, 11) is 0. The molecule has 0 saturated carbocycles. The van der Waals surface area contributed by atoms with Crippen molar-refractivity contribution in [1.82, 2.24) is 10.2 Å². The number of hydrogen-bond acceptors (Lipinski definition) is 2. The first-order chi connectivity index (χ1) is 4.43. The lowest BCUT2D eigenvalue weighted by molar-refractivity contribution is 0.265. The van der Waals surface area contributed by atoms with Gasteiger partial charge in [-0.25, -0.2) is 0 Å². The summed E-state index contributed by atoms with van der Waals surface area (Å²) in [5.41, 5.74) is 0. The lowest BCUT2D eigenvalue weighted by atomic mass is 10.5. The van der Waals surface area contributed by atoms with Crippen molar-refractivity contribution in [3.8, 4) is 0 Å². The first-order valence-corrected chi connectivity index (χ1v) is 3.47. The maximum Gasteiger partial charge on any atom is 0.0161 e. The molecule has 1 fully saturated rings. The molecule has 0 aromatic heterocycles. The van der Waals surface area contributed by atoms with E-state index in [4.69, 9.17) is 0 Å². The van der Waals surface area contributed by atoms with E-state index in [1.54, 1.807) is 0 Å². The molecule has 2 heteroatoms. The molecule has 0 amide bonds. The van der Waals surface area contributed by atoms with Gasteiger partial charge in [0.05, 0.1) is 0 Å². The third kappa shape index (κ3) is 2.16. The van der Waals surface area contributed by atoms with Gasteiger partial charge in [-0.05, 0) is 0 Å². The van der Waals surface area contributed by atoms with Crippen LogP contribution in [-0.2, 0) is 0 Å². The molecule has 9 heavy (non-hydrogen) atoms. The average Bonchev–Trinajstić information content (AvgIpc) is 1.91. The number of nitrogens with one attached hydrogen (secondary N) is 1. The Morgan fingerprint density at radius 1 is 1.78 bits per heavy atom. The lowest BCUT2D eigenvalue weighted by Crippen LogP contribution is -2.43. The molecule has 2 nitrogen and oxygen atoms in total. The van der Waals surface area contributed by atoms with Crippen molar-refractivity contribution in [3.63, 3.8) is 0 Å². The summed E-state index contributed by atoms with van der Waals surface area (Å²) in [5, 5.41) is 3.30. The SMILES string of the molecule is C=CCN1CCNC[14CH2]1. The molecular formula is C7H14N2. The maximum absolute atomic E-state index is 3.69. The Kier molecular flexibility index (Phi) is 2.74. The molecule has 1 rings (SSSR count). The Labute approximate surface area is 56.5 Å². The van der Waals surface area contributed by atoms with E-state index in [2.05, 4.69) is 16.8 Å². The molecule has 1 heterocycles. The summed E-state index contributed by atoms with van der Waals surface area (Å²) >= 11 is 0. The van der Waals surface area contributed by atoms with Gasteiger partial charge in [0.15, 0.2) is 0 Å². The van der Waals surface area contributed by atoms with Gasteiger partial charge in [0.2, 0.25) is 0 Å². The van der Waals surface area contributed by atoms with Gasteiger partial charge >= 0.3 is 0 Å². The second kappa shape index (κ2) is 3.64. The van der Waals surface area contributed by atoms with Crippen LogP contribution in [0.25, 0.3) is 0 Å². The van der Waals surface area contributed by atoms with E-state index in [1.165, 1.54) is 13.1 Å². The van der Waals surface area contributed by atoms with Crippen LogP contribution in [0.1, 0.15) is 0 Å². The molecule has 0 aliphatic carbocycles. The summed E-state index contributed by atoms with van der Waals surface area (Å²) in [4.78, 5) is 2.39. The van der Waals surface area contributed by atoms with Crippen LogP contribution in [0.5, 0.6) is 0 Å². The summed E-state index contributed by atoms with van der Waals surface area (Å²) in [6.07, 6.45) is 1.96. The van der Waals surface area contributed by atoms with E-state index in [9.17, 15) is 0 Å². The zero-order chi connectivity index (χ0) is 6.53. The molecule has 1 aliphatic rings. The van der Waals surface area contributed by atoms with Crippen LogP contribution >= 0.6 is 0 Å². The highest BCUT2D eigenvalue weighted by molar-refractivity contribution is 4.76. The summed E-state index contributed by atoms with van der Waals surface area (Å²) in [6, 6.07) is 0. The third-order valence-corrected chi connectivity index (χ3v) is 1.60. The van der Waals surface area contributed by atoms with Gasteiger partial charge in [-0.3, -0.25) is 4.90 Å². The van der Waals surface area contributed by atoms with Crippen molar-refractivity contribution >= 4 is 0 Å². The molecule has 0 unspecified atom stereocenters. The van der Waals surface area contributed by atoms with E-state index in [-0.39, 0.29) is 0 Å². The van der Waals surface area contributed by atoms with Crippen LogP contribution in [0.3, 0.4) is 0 Å². The Morgan fingerprint density at radius 2 is 2.67 bits per heavy atom. The molecule has 1 aliphatic heterocycles. The zero-order valence-electron chi connectivity index (χ0n) is 5.77. The smallest absolute Gasteiger partial charge is 0.0161 e. The van der Waals surface area contributed by atoms with Gasteiger partial charge in [-0.15, -0.1) is 6.58 Å². The topological polar surface area (TPSA) is 15.3 Å². The van der Waals surface area contributed by atoms with E-state index >= 15 is 0 Å². The minimum absolute atomic E-state index is 1.04. The molecular weight excluding hydrogens is 114 g/mol. The van der Waals surface area contributed by atoms with Crippen molar-refractivity contribution in [2.45, 2.75) is 0 Å². The van der Waals surface area contributed by atoms with Gasteiger partial charge in [0.25, 0.3) is 0 Å². The predicted molar refractivity (Wildman–Crippen MR) is 39.5 cm³/mol. The molecule has 0 radical (unpaired) electrons. The Hall–Kier alpha value is -0.340. The Morgan fingerprint density at radius 3 is 3.22 bits per heavy atom. The van der Waals surface area contributed by atoms with Crippen molar-refractivity contribution < 1.29 is 0 Å². The highest BCUT2D eigenvalue weighted by atomic mass is 15.5. The van der Waals surface area contributed by atoms with Crippen LogP contribution in [-0.4, -0.2) is 37.6 Å². The van der Waals surface area contributed by atoms with Gasteiger partial charge in [0.1, 0.15) is 0 Å². The quantitative estimate of drug-likeness (QED) is 0.530. The summed E-state index contributed by atoms with van der Waals surface area (Å²) in [5.74, 6) is 0. The fourth-order valence-corrected chi connectivity index (χ4v) is 1.08.